The minimum Gasteiger partial charge on any atom is -0.349 e. The molecule has 1 aromatic carbocycles. The number of benzene rings is 1. The van der Waals surface area contributed by atoms with Crippen LogP contribution in [0.3, 0.4) is 0 Å². The molecule has 0 bridgehead atoms. The summed E-state index contributed by atoms with van der Waals surface area (Å²) in [6, 6.07) is 12.3. The third kappa shape index (κ3) is 2.56. The largest absolute Gasteiger partial charge is 0.349 e. The van der Waals surface area contributed by atoms with Gasteiger partial charge in [0.1, 0.15) is 11.9 Å². The number of nitrogens with two attached hydrogens (primary N) is 1. The van der Waals surface area contributed by atoms with Gasteiger partial charge in [-0.05, 0) is 19.2 Å². The lowest BCUT2D eigenvalue weighted by molar-refractivity contribution is 0.269. The van der Waals surface area contributed by atoms with Crippen molar-refractivity contribution < 1.29 is 0 Å². The number of nitriles is 1. The Morgan fingerprint density at radius 1 is 1.38 bits per heavy atom. The van der Waals surface area contributed by atoms with E-state index in [1.807, 2.05) is 30.3 Å². The predicted octanol–water partition coefficient (Wildman–Crippen LogP) is 1.19. The van der Waals surface area contributed by atoms with Crippen LogP contribution in [0.15, 0.2) is 30.3 Å². The van der Waals surface area contributed by atoms with E-state index in [-0.39, 0.29) is 6.04 Å². The van der Waals surface area contributed by atoms with Crippen molar-refractivity contribution in [3.63, 3.8) is 0 Å². The molecule has 2 N–H and O–H groups in total. The quantitative estimate of drug-likeness (QED) is 0.895. The summed E-state index contributed by atoms with van der Waals surface area (Å²) in [5.74, 6) is 0.764. The van der Waals surface area contributed by atoms with E-state index < -0.39 is 0 Å². The first-order valence-corrected chi connectivity index (χ1v) is 7.18. The lowest BCUT2D eigenvalue weighted by Gasteiger charge is -2.40. The number of nitrogens with zero attached hydrogens (tertiary/aromatic N) is 4. The first-order valence-electron chi connectivity index (χ1n) is 7.18. The summed E-state index contributed by atoms with van der Waals surface area (Å²) in [5.41, 5.74) is 7.46. The molecular weight excluding hydrogens is 262 g/mol. The maximum Gasteiger partial charge on any atom is 0.147 e. The number of likely N-dealkylation sites (N-methyl/N-ethyl adjacent to an activating group) is 1. The maximum atomic E-state index is 9.46. The molecule has 5 heteroatoms. The van der Waals surface area contributed by atoms with Crippen LogP contribution < -0.4 is 10.6 Å². The molecule has 1 aromatic heterocycles. The molecule has 5 nitrogen and oxygen atoms in total. The van der Waals surface area contributed by atoms with Crippen molar-refractivity contribution in [3.8, 4) is 6.07 Å². The van der Waals surface area contributed by atoms with E-state index >= 15 is 0 Å². The van der Waals surface area contributed by atoms with Gasteiger partial charge in [0, 0.05) is 31.6 Å². The third-order valence-electron chi connectivity index (χ3n) is 4.05. The second-order valence-corrected chi connectivity index (χ2v) is 5.51. The molecule has 1 fully saturated rings. The summed E-state index contributed by atoms with van der Waals surface area (Å²) >= 11 is 0. The Bertz CT molecular complexity index is 691. The van der Waals surface area contributed by atoms with Gasteiger partial charge in [0.25, 0.3) is 0 Å². The number of hydrogen-bond donors (Lipinski definition) is 1. The Morgan fingerprint density at radius 2 is 2.19 bits per heavy atom. The normalized spacial score (nSPS) is 19.7. The predicted molar refractivity (Wildman–Crippen MR) is 84.1 cm³/mol. The van der Waals surface area contributed by atoms with Crippen LogP contribution in [0.1, 0.15) is 5.56 Å². The lowest BCUT2D eigenvalue weighted by Crippen LogP contribution is -2.55. The van der Waals surface area contributed by atoms with Crippen LogP contribution in [0.4, 0.5) is 5.82 Å². The van der Waals surface area contributed by atoms with Crippen molar-refractivity contribution in [1.29, 1.82) is 5.26 Å². The summed E-state index contributed by atoms with van der Waals surface area (Å²) in [5, 5.41) is 10.5. The maximum absolute atomic E-state index is 9.46. The van der Waals surface area contributed by atoms with Crippen LogP contribution in [0.25, 0.3) is 10.9 Å². The Hall–Kier alpha value is -2.16. The van der Waals surface area contributed by atoms with Gasteiger partial charge in [-0.1, -0.05) is 18.2 Å². The lowest BCUT2D eigenvalue weighted by atomic mass is 10.1. The van der Waals surface area contributed by atoms with Crippen LogP contribution in [0.5, 0.6) is 0 Å². The first-order chi connectivity index (χ1) is 10.2. The molecule has 0 spiro atoms. The molecular formula is C16H19N5. The van der Waals surface area contributed by atoms with Gasteiger partial charge < -0.3 is 15.5 Å². The molecule has 2 aromatic rings. The van der Waals surface area contributed by atoms with Crippen LogP contribution in [-0.2, 0) is 0 Å². The molecule has 2 heterocycles. The fraction of sp³-hybridized carbons (Fsp3) is 0.375. The highest BCUT2D eigenvalue weighted by Crippen LogP contribution is 2.25. The summed E-state index contributed by atoms with van der Waals surface area (Å²) in [6.07, 6.45) is 0. The van der Waals surface area contributed by atoms with Crippen LogP contribution >= 0.6 is 0 Å². The summed E-state index contributed by atoms with van der Waals surface area (Å²) in [4.78, 5) is 9.17. The molecule has 0 saturated carbocycles. The van der Waals surface area contributed by atoms with Gasteiger partial charge >= 0.3 is 0 Å². The molecule has 0 amide bonds. The summed E-state index contributed by atoms with van der Waals surface area (Å²) in [6.45, 7) is 3.26. The third-order valence-corrected chi connectivity index (χ3v) is 4.05. The highest BCUT2D eigenvalue weighted by atomic mass is 15.3. The molecule has 1 aliphatic heterocycles. The molecule has 1 saturated heterocycles. The van der Waals surface area contributed by atoms with Crippen molar-refractivity contribution in [3.05, 3.63) is 35.9 Å². The molecule has 1 unspecified atom stereocenters. The number of hydrogen-bond acceptors (Lipinski definition) is 5. The zero-order valence-corrected chi connectivity index (χ0v) is 12.2. The van der Waals surface area contributed by atoms with Crippen LogP contribution in [0, 0.1) is 11.3 Å². The van der Waals surface area contributed by atoms with E-state index in [2.05, 4.69) is 22.9 Å². The van der Waals surface area contributed by atoms with E-state index in [1.54, 1.807) is 0 Å². The van der Waals surface area contributed by atoms with E-state index in [9.17, 15) is 5.26 Å². The summed E-state index contributed by atoms with van der Waals surface area (Å²) in [7, 11) is 2.10. The Balaban J connectivity index is 2.08. The van der Waals surface area contributed by atoms with Gasteiger partial charge in [-0.15, -0.1) is 0 Å². The minimum absolute atomic E-state index is 0.199. The average molecular weight is 281 g/mol. The topological polar surface area (TPSA) is 69.2 Å². The van der Waals surface area contributed by atoms with Gasteiger partial charge in [0.05, 0.1) is 17.1 Å². The highest BCUT2D eigenvalue weighted by Gasteiger charge is 2.27. The van der Waals surface area contributed by atoms with E-state index in [1.165, 1.54) is 0 Å². The Labute approximate surface area is 124 Å². The van der Waals surface area contributed by atoms with Crippen LogP contribution in [-0.4, -0.2) is 49.2 Å². The van der Waals surface area contributed by atoms with Crippen LogP contribution in [0.2, 0.25) is 0 Å². The van der Waals surface area contributed by atoms with Crippen molar-refractivity contribution >= 4 is 16.7 Å². The second-order valence-electron chi connectivity index (χ2n) is 5.51. The molecule has 21 heavy (non-hydrogen) atoms. The SMILES string of the molecule is CN1CCN(c2nc3ccccc3cc2C#N)C(CN)C1. The monoisotopic (exact) mass is 281 g/mol. The number of piperazine rings is 1. The van der Waals surface area contributed by atoms with Gasteiger partial charge in [0.15, 0.2) is 0 Å². The molecule has 0 radical (unpaired) electrons. The smallest absolute Gasteiger partial charge is 0.147 e. The van der Waals surface area contributed by atoms with Gasteiger partial charge in [0.2, 0.25) is 0 Å². The van der Waals surface area contributed by atoms with E-state index in [4.69, 9.17) is 10.7 Å². The van der Waals surface area contributed by atoms with Crippen molar-refractivity contribution in [2.75, 3.05) is 38.1 Å². The van der Waals surface area contributed by atoms with Crippen molar-refractivity contribution in [1.82, 2.24) is 9.88 Å². The minimum atomic E-state index is 0.199. The van der Waals surface area contributed by atoms with Gasteiger partial charge in [-0.25, -0.2) is 4.98 Å². The first kappa shape index (κ1) is 13.8. The number of fused-ring (bicyclic) bond motifs is 1. The standard InChI is InChI=1S/C16H19N5/c1-20-6-7-21(14(10-18)11-20)16-13(9-17)8-12-4-2-3-5-15(12)19-16/h2-5,8,14H,6-7,10-11,18H2,1H3. The van der Waals surface area contributed by atoms with E-state index in [0.29, 0.717) is 12.1 Å². The van der Waals surface area contributed by atoms with Gasteiger partial charge in [-0.2, -0.15) is 5.26 Å². The molecule has 1 aliphatic rings. The fourth-order valence-electron chi connectivity index (χ4n) is 2.90. The van der Waals surface area contributed by atoms with Crippen molar-refractivity contribution in [2.24, 2.45) is 5.73 Å². The fourth-order valence-corrected chi connectivity index (χ4v) is 2.90. The number of aromatic nitrogens is 1. The number of anilines is 1. The van der Waals surface area contributed by atoms with E-state index in [0.717, 1.165) is 36.4 Å². The second kappa shape index (κ2) is 5.68. The number of rotatable bonds is 2. The molecule has 0 aliphatic carbocycles. The number of pyridine rings is 1. The Morgan fingerprint density at radius 3 is 2.95 bits per heavy atom. The Kier molecular flexibility index (Phi) is 3.74. The molecule has 3 rings (SSSR count). The number of para-hydroxylation sites is 1. The van der Waals surface area contributed by atoms with Gasteiger partial charge in [-0.3, -0.25) is 0 Å². The van der Waals surface area contributed by atoms with Crippen molar-refractivity contribution in [2.45, 2.75) is 6.04 Å². The molecule has 1 atom stereocenters. The highest BCUT2D eigenvalue weighted by molar-refractivity contribution is 5.83. The average Bonchev–Trinajstić information content (AvgIpc) is 2.53. The summed E-state index contributed by atoms with van der Waals surface area (Å²) < 4.78 is 0. The zero-order valence-electron chi connectivity index (χ0n) is 12.2. The molecule has 108 valence electrons. The zero-order chi connectivity index (χ0) is 14.8.